The topological polar surface area (TPSA) is 46.0 Å². The summed E-state index contributed by atoms with van der Waals surface area (Å²) in [6.45, 7) is 2.02. The van der Waals surface area contributed by atoms with Crippen LogP contribution in [-0.4, -0.2) is 20.5 Å². The number of aryl methyl sites for hydroxylation is 2. The zero-order valence-electron chi connectivity index (χ0n) is 13.5. The van der Waals surface area contributed by atoms with E-state index >= 15 is 0 Å². The fourth-order valence-corrected chi connectivity index (χ4v) is 3.64. The highest BCUT2D eigenvalue weighted by molar-refractivity contribution is 6.24. The van der Waals surface area contributed by atoms with Gasteiger partial charge in [-0.15, -0.1) is 0 Å². The third-order valence-electron chi connectivity index (χ3n) is 4.68. The van der Waals surface area contributed by atoms with Crippen molar-refractivity contribution in [1.29, 1.82) is 0 Å². The summed E-state index contributed by atoms with van der Waals surface area (Å²) in [6, 6.07) is 16.7. The van der Waals surface area contributed by atoms with Crippen LogP contribution in [0.25, 0.3) is 22.2 Å². The van der Waals surface area contributed by atoms with Crippen LogP contribution in [-0.2, 0) is 7.05 Å². The first-order valence-electron chi connectivity index (χ1n) is 8.02. The summed E-state index contributed by atoms with van der Waals surface area (Å²) in [4.78, 5) is 8.46. The lowest BCUT2D eigenvalue weighted by atomic mass is 9.97. The minimum atomic E-state index is 0.947. The average Bonchev–Trinajstić information content (AvgIpc) is 3.08. The summed E-state index contributed by atoms with van der Waals surface area (Å²) in [5.74, 6) is 0. The normalized spacial score (nSPS) is 12.8. The first kappa shape index (κ1) is 13.3. The van der Waals surface area contributed by atoms with E-state index in [0.29, 0.717) is 0 Å². The van der Waals surface area contributed by atoms with Gasteiger partial charge in [-0.25, -0.2) is 4.99 Å². The van der Waals surface area contributed by atoms with E-state index < -0.39 is 0 Å². The molecule has 4 heteroatoms. The van der Waals surface area contributed by atoms with E-state index in [0.717, 1.165) is 45.0 Å². The van der Waals surface area contributed by atoms with Gasteiger partial charge in [-0.2, -0.15) is 5.10 Å². The Kier molecular flexibility index (Phi) is 2.59. The van der Waals surface area contributed by atoms with Crippen LogP contribution >= 0.6 is 0 Å². The van der Waals surface area contributed by atoms with Crippen LogP contribution in [0.4, 0.5) is 5.69 Å². The molecule has 4 aromatic rings. The number of aromatic nitrogens is 3. The van der Waals surface area contributed by atoms with Crippen molar-refractivity contribution in [3.8, 4) is 11.3 Å². The quantitative estimate of drug-likeness (QED) is 0.491. The Balaban J connectivity index is 1.98. The Morgan fingerprint density at radius 1 is 0.958 bits per heavy atom. The van der Waals surface area contributed by atoms with E-state index in [1.807, 2.05) is 24.7 Å². The first-order valence-corrected chi connectivity index (χ1v) is 8.02. The van der Waals surface area contributed by atoms with Gasteiger partial charge in [0.2, 0.25) is 0 Å². The predicted octanol–water partition coefficient (Wildman–Crippen LogP) is 4.36. The number of rotatable bonds is 1. The monoisotopic (exact) mass is 312 g/mol. The first-order chi connectivity index (χ1) is 11.7. The van der Waals surface area contributed by atoms with Crippen molar-refractivity contribution in [2.75, 3.05) is 0 Å². The van der Waals surface area contributed by atoms with Crippen molar-refractivity contribution in [1.82, 2.24) is 14.8 Å². The number of fused-ring (bicyclic) bond motifs is 2. The van der Waals surface area contributed by atoms with Gasteiger partial charge < -0.3 is 4.98 Å². The van der Waals surface area contributed by atoms with Crippen LogP contribution in [0.3, 0.4) is 0 Å². The predicted molar refractivity (Wildman–Crippen MR) is 97.0 cm³/mol. The minimum Gasteiger partial charge on any atom is -0.360 e. The molecule has 1 aliphatic rings. The molecule has 0 saturated carbocycles. The lowest BCUT2D eigenvalue weighted by Crippen LogP contribution is -2.03. The second-order valence-corrected chi connectivity index (χ2v) is 6.16. The maximum Gasteiger partial charge on any atom is 0.113 e. The largest absolute Gasteiger partial charge is 0.360 e. The number of benzene rings is 2. The minimum absolute atomic E-state index is 0.947. The van der Waals surface area contributed by atoms with Crippen molar-refractivity contribution < 1.29 is 0 Å². The molecule has 0 radical (unpaired) electrons. The molecule has 4 nitrogen and oxygen atoms in total. The maximum atomic E-state index is 5.06. The second-order valence-electron chi connectivity index (χ2n) is 6.16. The molecule has 0 amide bonds. The molecule has 24 heavy (non-hydrogen) atoms. The van der Waals surface area contributed by atoms with Crippen molar-refractivity contribution in [3.63, 3.8) is 0 Å². The van der Waals surface area contributed by atoms with E-state index in [-0.39, 0.29) is 0 Å². The highest BCUT2D eigenvalue weighted by Gasteiger charge is 2.25. The van der Waals surface area contributed by atoms with Crippen molar-refractivity contribution in [3.05, 3.63) is 71.5 Å². The van der Waals surface area contributed by atoms with Crippen LogP contribution in [0.5, 0.6) is 0 Å². The molecule has 0 aliphatic carbocycles. The molecular formula is C20H16N4. The molecule has 3 heterocycles. The van der Waals surface area contributed by atoms with Crippen LogP contribution in [0.2, 0.25) is 0 Å². The number of nitrogens with zero attached hydrogens (tertiary/aromatic N) is 3. The van der Waals surface area contributed by atoms with Gasteiger partial charge in [0.25, 0.3) is 0 Å². The molecule has 5 rings (SSSR count). The van der Waals surface area contributed by atoms with Gasteiger partial charge in [0.1, 0.15) is 5.69 Å². The van der Waals surface area contributed by atoms with E-state index in [2.05, 4.69) is 58.7 Å². The van der Waals surface area contributed by atoms with Gasteiger partial charge in [0.15, 0.2) is 0 Å². The number of aromatic amines is 1. The second kappa shape index (κ2) is 4.68. The van der Waals surface area contributed by atoms with Crippen LogP contribution in [0.15, 0.2) is 59.7 Å². The molecule has 0 spiro atoms. The number of hydrogen-bond acceptors (Lipinski definition) is 2. The molecule has 2 aromatic carbocycles. The summed E-state index contributed by atoms with van der Waals surface area (Å²) in [6.07, 6.45) is 2.07. The Morgan fingerprint density at radius 3 is 2.62 bits per heavy atom. The molecule has 1 N–H and O–H groups in total. The van der Waals surface area contributed by atoms with E-state index in [1.165, 1.54) is 5.39 Å². The lowest BCUT2D eigenvalue weighted by Gasteiger charge is -2.08. The van der Waals surface area contributed by atoms with Crippen LogP contribution in [0, 0.1) is 6.92 Å². The molecule has 0 unspecified atom stereocenters. The number of aliphatic imine (C=N–C) groups is 1. The molecule has 1 aliphatic heterocycles. The van der Waals surface area contributed by atoms with Gasteiger partial charge in [0.05, 0.1) is 17.1 Å². The third kappa shape index (κ3) is 1.68. The van der Waals surface area contributed by atoms with E-state index in [1.54, 1.807) is 0 Å². The standard InChI is InChI=1S/C20H16N4/c1-12-18-20(24(2)23-12)15-11-21-16-10-6-9-14(17(15)16)19(22-18)13-7-4-3-5-8-13/h3-11,21H,1-2H3. The molecule has 116 valence electrons. The maximum absolute atomic E-state index is 5.06. The SMILES string of the molecule is Cc1nn(C)c2c1N=C(c1ccccc1)c1cccc3[nH]cc-2c13. The lowest BCUT2D eigenvalue weighted by molar-refractivity contribution is 0.764. The number of nitrogens with one attached hydrogen (secondary N) is 1. The zero-order chi connectivity index (χ0) is 16.3. The van der Waals surface area contributed by atoms with E-state index in [9.17, 15) is 0 Å². The van der Waals surface area contributed by atoms with Crippen LogP contribution < -0.4 is 0 Å². The number of H-pyrrole nitrogens is 1. The van der Waals surface area contributed by atoms with Crippen molar-refractivity contribution in [2.45, 2.75) is 6.92 Å². The van der Waals surface area contributed by atoms with Gasteiger partial charge in [-0.05, 0) is 13.0 Å². The Hall–Kier alpha value is -3.14. The highest BCUT2D eigenvalue weighted by atomic mass is 15.3. The molecular weight excluding hydrogens is 296 g/mol. The number of hydrogen-bond donors (Lipinski definition) is 1. The van der Waals surface area contributed by atoms with Gasteiger partial charge in [-0.1, -0.05) is 42.5 Å². The molecule has 2 aromatic heterocycles. The fraction of sp³-hybridized carbons (Fsp3) is 0.100. The third-order valence-corrected chi connectivity index (χ3v) is 4.68. The Bertz CT molecular complexity index is 1110. The summed E-state index contributed by atoms with van der Waals surface area (Å²) in [5.41, 5.74) is 8.52. The molecule has 0 saturated heterocycles. The zero-order valence-corrected chi connectivity index (χ0v) is 13.5. The Morgan fingerprint density at radius 2 is 1.79 bits per heavy atom. The smallest absolute Gasteiger partial charge is 0.113 e. The summed E-state index contributed by atoms with van der Waals surface area (Å²) in [7, 11) is 1.98. The summed E-state index contributed by atoms with van der Waals surface area (Å²) in [5, 5.41) is 5.81. The Labute approximate surface area is 139 Å². The summed E-state index contributed by atoms with van der Waals surface area (Å²) >= 11 is 0. The summed E-state index contributed by atoms with van der Waals surface area (Å²) < 4.78 is 1.93. The van der Waals surface area contributed by atoms with Gasteiger partial charge >= 0.3 is 0 Å². The van der Waals surface area contributed by atoms with Crippen molar-refractivity contribution >= 4 is 22.3 Å². The van der Waals surface area contributed by atoms with Gasteiger partial charge in [0, 0.05) is 40.8 Å². The van der Waals surface area contributed by atoms with Crippen molar-refractivity contribution in [2.24, 2.45) is 12.0 Å². The average molecular weight is 312 g/mol. The molecule has 0 atom stereocenters. The molecule has 0 bridgehead atoms. The van der Waals surface area contributed by atoms with Gasteiger partial charge in [-0.3, -0.25) is 4.68 Å². The fourth-order valence-electron chi connectivity index (χ4n) is 3.64. The van der Waals surface area contributed by atoms with E-state index in [4.69, 9.17) is 4.99 Å². The highest BCUT2D eigenvalue weighted by Crippen LogP contribution is 2.42. The molecule has 0 fully saturated rings. The van der Waals surface area contributed by atoms with Crippen LogP contribution in [0.1, 0.15) is 16.8 Å².